The molecule has 0 amide bonds. The van der Waals surface area contributed by atoms with Crippen LogP contribution in [-0.4, -0.2) is 69.4 Å². The lowest BCUT2D eigenvalue weighted by Crippen LogP contribution is -2.44. The maximum absolute atomic E-state index is 6.88. The van der Waals surface area contributed by atoms with Crippen LogP contribution in [0.25, 0.3) is 22.6 Å². The van der Waals surface area contributed by atoms with Crippen molar-refractivity contribution < 1.29 is 9.47 Å². The molecule has 0 radical (unpaired) electrons. The molecule has 9 heteroatoms. The number of benzene rings is 2. The Kier molecular flexibility index (Phi) is 7.42. The summed E-state index contributed by atoms with van der Waals surface area (Å²) in [7, 11) is 0. The lowest BCUT2D eigenvalue weighted by atomic mass is 10.0. The SMILES string of the molecule is C[C@@H](Cn1c(-c2ccc(OCCN3CCNCC3)cc2Cl)nc2c(OC3(C)CC3)ncnc21)c1ccccc1. The largest absolute Gasteiger partial charge is 0.492 e. The van der Waals surface area contributed by atoms with Crippen molar-refractivity contribution in [2.45, 2.75) is 44.8 Å². The Morgan fingerprint density at radius 1 is 1.08 bits per heavy atom. The van der Waals surface area contributed by atoms with Gasteiger partial charge in [0.25, 0.3) is 0 Å². The van der Waals surface area contributed by atoms with Gasteiger partial charge in [0.1, 0.15) is 30.1 Å². The number of imidazole rings is 1. The quantitative estimate of drug-likeness (QED) is 0.294. The third-order valence-electron chi connectivity index (χ3n) is 7.69. The molecule has 1 aliphatic carbocycles. The number of rotatable bonds is 10. The van der Waals surface area contributed by atoms with Crippen LogP contribution in [0.5, 0.6) is 11.6 Å². The van der Waals surface area contributed by atoms with Gasteiger partial charge in [-0.15, -0.1) is 0 Å². The first-order chi connectivity index (χ1) is 19.0. The van der Waals surface area contributed by atoms with E-state index in [1.165, 1.54) is 5.56 Å². The molecule has 6 rings (SSSR count). The molecule has 2 aromatic heterocycles. The van der Waals surface area contributed by atoms with Crippen LogP contribution in [0.2, 0.25) is 5.02 Å². The minimum absolute atomic E-state index is 0.177. The molecule has 0 unspecified atom stereocenters. The van der Waals surface area contributed by atoms with E-state index < -0.39 is 0 Å². The number of hydrogen-bond donors (Lipinski definition) is 1. The van der Waals surface area contributed by atoms with E-state index in [1.54, 1.807) is 6.33 Å². The first-order valence-electron chi connectivity index (χ1n) is 13.8. The van der Waals surface area contributed by atoms with Crippen LogP contribution >= 0.6 is 11.6 Å². The second kappa shape index (κ2) is 11.1. The van der Waals surface area contributed by atoms with E-state index >= 15 is 0 Å². The molecule has 1 N–H and O–H groups in total. The molecule has 2 aromatic carbocycles. The number of nitrogens with one attached hydrogen (secondary N) is 1. The van der Waals surface area contributed by atoms with Crippen molar-refractivity contribution in [3.8, 4) is 23.0 Å². The number of aromatic nitrogens is 4. The molecular formula is C30H35ClN6O2. The van der Waals surface area contributed by atoms with E-state index in [2.05, 4.69) is 62.9 Å². The zero-order chi connectivity index (χ0) is 26.8. The van der Waals surface area contributed by atoms with Crippen LogP contribution in [0.4, 0.5) is 0 Å². The Labute approximate surface area is 234 Å². The van der Waals surface area contributed by atoms with Gasteiger partial charge in [0.15, 0.2) is 11.2 Å². The third-order valence-corrected chi connectivity index (χ3v) is 8.00. The summed E-state index contributed by atoms with van der Waals surface area (Å²) in [4.78, 5) is 16.5. The standard InChI is InChI=1S/C30H35ClN6O2/c1-21(22-6-4-3-5-7-22)19-37-27(35-26-28(37)33-20-34-29(26)39-30(2)10-11-30)24-9-8-23(18-25(24)31)38-17-16-36-14-12-32-13-15-36/h3-9,18,20-21,32H,10-17,19H2,1-2H3/t21-/m0/s1. The van der Waals surface area contributed by atoms with Gasteiger partial charge >= 0.3 is 0 Å². The van der Waals surface area contributed by atoms with E-state index in [0.29, 0.717) is 29.6 Å². The second-order valence-corrected chi connectivity index (χ2v) is 11.2. The highest BCUT2D eigenvalue weighted by Crippen LogP contribution is 2.41. The molecule has 0 bridgehead atoms. The van der Waals surface area contributed by atoms with Gasteiger partial charge in [0.05, 0.1) is 5.02 Å². The minimum atomic E-state index is -0.177. The Bertz CT molecular complexity index is 1430. The van der Waals surface area contributed by atoms with Crippen LogP contribution in [0.15, 0.2) is 54.9 Å². The number of fused-ring (bicyclic) bond motifs is 1. The molecule has 39 heavy (non-hydrogen) atoms. The van der Waals surface area contributed by atoms with Gasteiger partial charge in [-0.2, -0.15) is 4.98 Å². The smallest absolute Gasteiger partial charge is 0.245 e. The van der Waals surface area contributed by atoms with E-state index in [1.807, 2.05) is 24.3 Å². The van der Waals surface area contributed by atoms with E-state index in [-0.39, 0.29) is 11.5 Å². The number of piperazine rings is 1. The van der Waals surface area contributed by atoms with Crippen LogP contribution < -0.4 is 14.8 Å². The van der Waals surface area contributed by atoms with Crippen LogP contribution in [-0.2, 0) is 6.54 Å². The molecule has 1 aliphatic heterocycles. The molecule has 1 atom stereocenters. The van der Waals surface area contributed by atoms with Gasteiger partial charge in [-0.05, 0) is 49.4 Å². The minimum Gasteiger partial charge on any atom is -0.492 e. The zero-order valence-electron chi connectivity index (χ0n) is 22.6. The number of halogens is 1. The van der Waals surface area contributed by atoms with Gasteiger partial charge in [-0.25, -0.2) is 9.97 Å². The Balaban J connectivity index is 1.31. The van der Waals surface area contributed by atoms with Gasteiger partial charge < -0.3 is 19.4 Å². The fourth-order valence-corrected chi connectivity index (χ4v) is 5.29. The summed E-state index contributed by atoms with van der Waals surface area (Å²) in [5, 5.41) is 3.97. The Morgan fingerprint density at radius 3 is 2.62 bits per heavy atom. The molecule has 8 nitrogen and oxygen atoms in total. The zero-order valence-corrected chi connectivity index (χ0v) is 23.3. The summed E-state index contributed by atoms with van der Waals surface area (Å²) in [5.74, 6) is 2.26. The normalized spacial score (nSPS) is 17.7. The number of hydrogen-bond acceptors (Lipinski definition) is 7. The Morgan fingerprint density at radius 2 is 1.87 bits per heavy atom. The van der Waals surface area contributed by atoms with Crippen molar-refractivity contribution in [3.63, 3.8) is 0 Å². The lowest BCUT2D eigenvalue weighted by Gasteiger charge is -2.26. The summed E-state index contributed by atoms with van der Waals surface area (Å²) < 4.78 is 14.5. The van der Waals surface area contributed by atoms with Crippen LogP contribution in [0.3, 0.4) is 0 Å². The maximum Gasteiger partial charge on any atom is 0.245 e. The molecule has 2 fully saturated rings. The van der Waals surface area contributed by atoms with Crippen molar-refractivity contribution in [1.29, 1.82) is 0 Å². The van der Waals surface area contributed by atoms with Gasteiger partial charge in [-0.1, -0.05) is 48.9 Å². The predicted octanol–water partition coefficient (Wildman–Crippen LogP) is 5.17. The highest BCUT2D eigenvalue weighted by atomic mass is 35.5. The van der Waals surface area contributed by atoms with Crippen molar-refractivity contribution in [2.24, 2.45) is 0 Å². The average Bonchev–Trinajstić information content (AvgIpc) is 3.57. The molecule has 204 valence electrons. The number of nitrogens with zero attached hydrogens (tertiary/aromatic N) is 5. The van der Waals surface area contributed by atoms with E-state index in [9.17, 15) is 0 Å². The summed E-state index contributed by atoms with van der Waals surface area (Å²) in [6.45, 7) is 10.7. The van der Waals surface area contributed by atoms with Crippen molar-refractivity contribution >= 4 is 22.8 Å². The number of ether oxygens (including phenoxy) is 2. The molecule has 0 spiro atoms. The molecule has 2 aliphatic rings. The second-order valence-electron chi connectivity index (χ2n) is 10.8. The summed E-state index contributed by atoms with van der Waals surface area (Å²) >= 11 is 6.88. The molecule has 3 heterocycles. The predicted molar refractivity (Wildman–Crippen MR) is 154 cm³/mol. The molecular weight excluding hydrogens is 512 g/mol. The van der Waals surface area contributed by atoms with Gasteiger partial charge in [-0.3, -0.25) is 4.90 Å². The average molecular weight is 547 g/mol. The van der Waals surface area contributed by atoms with Crippen molar-refractivity contribution in [3.05, 3.63) is 65.4 Å². The van der Waals surface area contributed by atoms with Gasteiger partial charge in [0, 0.05) is 44.8 Å². The van der Waals surface area contributed by atoms with Crippen LogP contribution in [0.1, 0.15) is 38.2 Å². The first-order valence-corrected chi connectivity index (χ1v) is 14.2. The monoisotopic (exact) mass is 546 g/mol. The summed E-state index contributed by atoms with van der Waals surface area (Å²) in [5.41, 5.74) is 3.31. The van der Waals surface area contributed by atoms with Gasteiger partial charge in [0.2, 0.25) is 5.88 Å². The summed E-state index contributed by atoms with van der Waals surface area (Å²) in [6, 6.07) is 16.3. The summed E-state index contributed by atoms with van der Waals surface area (Å²) in [6.07, 6.45) is 3.59. The lowest BCUT2D eigenvalue weighted by molar-refractivity contribution is 0.191. The van der Waals surface area contributed by atoms with E-state index in [0.717, 1.165) is 68.3 Å². The highest BCUT2D eigenvalue weighted by molar-refractivity contribution is 6.33. The molecule has 1 saturated carbocycles. The third kappa shape index (κ3) is 5.88. The fraction of sp³-hybridized carbons (Fsp3) is 0.433. The van der Waals surface area contributed by atoms with Crippen molar-refractivity contribution in [1.82, 2.24) is 29.7 Å². The molecule has 4 aromatic rings. The topological polar surface area (TPSA) is 77.3 Å². The Hall–Kier alpha value is -3.20. The maximum atomic E-state index is 6.88. The molecule has 1 saturated heterocycles. The highest BCUT2D eigenvalue weighted by Gasteiger charge is 2.41. The van der Waals surface area contributed by atoms with E-state index in [4.69, 9.17) is 26.1 Å². The van der Waals surface area contributed by atoms with Crippen molar-refractivity contribution in [2.75, 3.05) is 39.3 Å². The fourth-order valence-electron chi connectivity index (χ4n) is 5.04. The first kappa shape index (κ1) is 26.0. The van der Waals surface area contributed by atoms with Crippen LogP contribution in [0, 0.1) is 0 Å².